The average Bonchev–Trinajstić information content (AvgIpc) is 3.46. The number of allylic oxidation sites excluding steroid dienone is 2. The van der Waals surface area contributed by atoms with Crippen molar-refractivity contribution in [3.8, 4) is 22.9 Å². The first-order chi connectivity index (χ1) is 20.1. The molecule has 0 aliphatic heterocycles. The molecule has 0 aliphatic rings. The summed E-state index contributed by atoms with van der Waals surface area (Å²) in [7, 11) is 0. The first-order valence-corrected chi connectivity index (χ1v) is 13.5. The Hall–Kier alpha value is -5.42. The highest BCUT2D eigenvalue weighted by molar-refractivity contribution is 6.08. The Balaban J connectivity index is 1.28. The molecule has 0 bridgehead atoms. The van der Waals surface area contributed by atoms with Gasteiger partial charge in [-0.05, 0) is 74.5 Å². The van der Waals surface area contributed by atoms with Gasteiger partial charge in [-0.3, -0.25) is 9.98 Å². The fourth-order valence-electron chi connectivity index (χ4n) is 5.49. The second kappa shape index (κ2) is 11.0. The highest BCUT2D eigenvalue weighted by Gasteiger charge is 2.16. The molecule has 41 heavy (non-hydrogen) atoms. The molecule has 0 spiro atoms. The number of nitrogens with zero attached hydrogens (tertiary/aromatic N) is 4. The molecule has 6 aromatic rings. The molecule has 3 heterocycles. The minimum Gasteiger partial charge on any atom is -0.457 e. The molecule has 0 amide bonds. The fourth-order valence-corrected chi connectivity index (χ4v) is 5.49. The van der Waals surface area contributed by atoms with Crippen molar-refractivity contribution in [1.29, 1.82) is 0 Å². The summed E-state index contributed by atoms with van der Waals surface area (Å²) >= 11 is 0. The smallest absolute Gasteiger partial charge is 0.127 e. The number of fused-ring (bicyclic) bond motifs is 3. The predicted molar refractivity (Wildman–Crippen MR) is 171 cm³/mol. The standard InChI is InChI=1S/C36H30N4O/c1-5-7-10-31-25(3)39(26(4)33(31)23-37-6-2)27-13-17-29(18-14-27)41-30-19-15-28(16-20-30)40-35-12-9-8-11-32(35)34-24-38-22-21-36(34)40/h5-24H,1-2H2,3-4H3/b10-7-,37-23?. The lowest BCUT2D eigenvalue weighted by molar-refractivity contribution is 0.482. The molecule has 0 atom stereocenters. The maximum absolute atomic E-state index is 6.23. The van der Waals surface area contributed by atoms with Crippen molar-refractivity contribution in [2.75, 3.05) is 0 Å². The molecular formula is C36H30N4O. The van der Waals surface area contributed by atoms with E-state index in [1.807, 2.05) is 48.9 Å². The maximum Gasteiger partial charge on any atom is 0.127 e. The maximum atomic E-state index is 6.23. The minimum atomic E-state index is 0.770. The molecule has 5 nitrogen and oxygen atoms in total. The number of aromatic nitrogens is 3. The molecule has 0 aliphatic carbocycles. The summed E-state index contributed by atoms with van der Waals surface area (Å²) < 4.78 is 10.7. The van der Waals surface area contributed by atoms with Crippen LogP contribution < -0.4 is 4.74 Å². The summed E-state index contributed by atoms with van der Waals surface area (Å²) in [5, 5.41) is 2.33. The van der Waals surface area contributed by atoms with Crippen LogP contribution in [0.1, 0.15) is 22.5 Å². The Kier molecular flexibility index (Phi) is 6.92. The van der Waals surface area contributed by atoms with Crippen LogP contribution in [-0.2, 0) is 0 Å². The van der Waals surface area contributed by atoms with Crippen molar-refractivity contribution in [3.63, 3.8) is 0 Å². The third-order valence-electron chi connectivity index (χ3n) is 7.35. The number of hydrogen-bond acceptors (Lipinski definition) is 3. The van der Waals surface area contributed by atoms with Gasteiger partial charge >= 0.3 is 0 Å². The Morgan fingerprint density at radius 3 is 2.05 bits per heavy atom. The Morgan fingerprint density at radius 2 is 1.37 bits per heavy atom. The van der Waals surface area contributed by atoms with Crippen LogP contribution in [-0.4, -0.2) is 20.3 Å². The number of aliphatic imine (C=N–C) groups is 1. The topological polar surface area (TPSA) is 44.3 Å². The van der Waals surface area contributed by atoms with Gasteiger partial charge in [0, 0.05) is 69.5 Å². The Morgan fingerprint density at radius 1 is 0.732 bits per heavy atom. The first-order valence-electron chi connectivity index (χ1n) is 13.5. The van der Waals surface area contributed by atoms with E-state index in [0.29, 0.717) is 0 Å². The molecule has 0 fully saturated rings. The van der Waals surface area contributed by atoms with E-state index in [4.69, 9.17) is 4.74 Å². The minimum absolute atomic E-state index is 0.770. The van der Waals surface area contributed by atoms with Gasteiger partial charge in [-0.2, -0.15) is 0 Å². The van der Waals surface area contributed by atoms with Gasteiger partial charge in [0.05, 0.1) is 11.0 Å². The highest BCUT2D eigenvalue weighted by Crippen LogP contribution is 2.33. The molecule has 0 N–H and O–H groups in total. The quantitative estimate of drug-likeness (QED) is 0.144. The highest BCUT2D eigenvalue weighted by atomic mass is 16.5. The summed E-state index contributed by atoms with van der Waals surface area (Å²) in [6.45, 7) is 11.7. The average molecular weight is 535 g/mol. The van der Waals surface area contributed by atoms with Crippen molar-refractivity contribution in [3.05, 3.63) is 145 Å². The Bertz CT molecular complexity index is 1860. The number of pyridine rings is 1. The second-order valence-electron chi connectivity index (χ2n) is 9.72. The van der Waals surface area contributed by atoms with E-state index in [0.717, 1.165) is 61.8 Å². The largest absolute Gasteiger partial charge is 0.457 e. The van der Waals surface area contributed by atoms with Gasteiger partial charge in [-0.1, -0.05) is 49.6 Å². The SMILES string of the molecule is C=C/C=C\c1c(C=NC=C)c(C)n(-c2ccc(Oc3ccc(-n4c5ccccc5c5cnccc54)cc3)cc2)c1C. The van der Waals surface area contributed by atoms with Crippen molar-refractivity contribution in [1.82, 2.24) is 14.1 Å². The molecule has 3 aromatic carbocycles. The summed E-state index contributed by atoms with van der Waals surface area (Å²) in [6.07, 6.45) is 13.0. The lowest BCUT2D eigenvalue weighted by Gasteiger charge is -2.12. The molecule has 0 radical (unpaired) electrons. The number of rotatable bonds is 8. The van der Waals surface area contributed by atoms with Crippen molar-refractivity contribution in [2.24, 2.45) is 4.99 Å². The molecule has 200 valence electrons. The van der Waals surface area contributed by atoms with Gasteiger partial charge in [0.1, 0.15) is 11.5 Å². The van der Waals surface area contributed by atoms with Gasteiger partial charge in [0.2, 0.25) is 0 Å². The van der Waals surface area contributed by atoms with Gasteiger partial charge in [-0.15, -0.1) is 0 Å². The molecule has 0 saturated heterocycles. The molecule has 3 aromatic heterocycles. The molecule has 0 unspecified atom stereocenters. The zero-order chi connectivity index (χ0) is 28.3. The van der Waals surface area contributed by atoms with Crippen LogP contribution in [0, 0.1) is 13.8 Å². The molecule has 6 rings (SSSR count). The van der Waals surface area contributed by atoms with Crippen LogP contribution >= 0.6 is 0 Å². The fraction of sp³-hybridized carbons (Fsp3) is 0.0556. The van der Waals surface area contributed by atoms with E-state index in [2.05, 4.69) is 107 Å². The van der Waals surface area contributed by atoms with Crippen LogP contribution in [0.25, 0.3) is 39.3 Å². The summed E-state index contributed by atoms with van der Waals surface area (Å²) in [5.74, 6) is 1.55. The van der Waals surface area contributed by atoms with E-state index >= 15 is 0 Å². The zero-order valence-corrected chi connectivity index (χ0v) is 23.2. The Labute approximate surface area is 239 Å². The normalized spacial score (nSPS) is 11.7. The molecule has 0 saturated carbocycles. The summed E-state index contributed by atoms with van der Waals surface area (Å²) in [6, 6.07) is 26.8. The monoisotopic (exact) mass is 534 g/mol. The van der Waals surface area contributed by atoms with Crippen LogP contribution in [0.4, 0.5) is 0 Å². The molecule has 5 heteroatoms. The number of hydrogen-bond donors (Lipinski definition) is 0. The number of para-hydroxylation sites is 1. The number of benzene rings is 3. The predicted octanol–water partition coefficient (Wildman–Crippen LogP) is 9.14. The van der Waals surface area contributed by atoms with Crippen LogP contribution in [0.2, 0.25) is 0 Å². The van der Waals surface area contributed by atoms with Crippen LogP contribution in [0.15, 0.2) is 128 Å². The van der Waals surface area contributed by atoms with E-state index in [9.17, 15) is 0 Å². The second-order valence-corrected chi connectivity index (χ2v) is 9.72. The molecular weight excluding hydrogens is 504 g/mol. The lowest BCUT2D eigenvalue weighted by Crippen LogP contribution is -1.99. The third kappa shape index (κ3) is 4.68. The van der Waals surface area contributed by atoms with Gasteiger partial charge < -0.3 is 13.9 Å². The van der Waals surface area contributed by atoms with E-state index in [1.54, 1.807) is 12.3 Å². The number of ether oxygens (including phenoxy) is 1. The van der Waals surface area contributed by atoms with Crippen molar-refractivity contribution >= 4 is 34.1 Å². The van der Waals surface area contributed by atoms with Gasteiger partial charge in [-0.25, -0.2) is 0 Å². The van der Waals surface area contributed by atoms with Crippen LogP contribution in [0.5, 0.6) is 11.5 Å². The summed E-state index contributed by atoms with van der Waals surface area (Å²) in [5.41, 5.74) is 8.78. The van der Waals surface area contributed by atoms with Gasteiger partial charge in [0.15, 0.2) is 0 Å². The van der Waals surface area contributed by atoms with Gasteiger partial charge in [0.25, 0.3) is 0 Å². The summed E-state index contributed by atoms with van der Waals surface area (Å²) in [4.78, 5) is 8.62. The van der Waals surface area contributed by atoms with Crippen molar-refractivity contribution in [2.45, 2.75) is 13.8 Å². The van der Waals surface area contributed by atoms with Crippen LogP contribution in [0.3, 0.4) is 0 Å². The lowest BCUT2D eigenvalue weighted by atomic mass is 10.1. The zero-order valence-electron chi connectivity index (χ0n) is 23.2. The first kappa shape index (κ1) is 25.8. The van der Waals surface area contributed by atoms with E-state index in [-0.39, 0.29) is 0 Å². The third-order valence-corrected chi connectivity index (χ3v) is 7.35. The van der Waals surface area contributed by atoms with Crippen molar-refractivity contribution < 1.29 is 4.74 Å². The van der Waals surface area contributed by atoms with E-state index in [1.165, 1.54) is 5.39 Å². The van der Waals surface area contributed by atoms with E-state index < -0.39 is 0 Å².